The van der Waals surface area contributed by atoms with E-state index in [-0.39, 0.29) is 17.0 Å². The summed E-state index contributed by atoms with van der Waals surface area (Å²) in [6, 6.07) is 4.63. The van der Waals surface area contributed by atoms with Crippen LogP contribution in [-0.2, 0) is 6.18 Å². The summed E-state index contributed by atoms with van der Waals surface area (Å²) >= 11 is 0. The van der Waals surface area contributed by atoms with Crippen LogP contribution < -0.4 is 5.73 Å². The van der Waals surface area contributed by atoms with E-state index < -0.39 is 17.6 Å². The fraction of sp³-hybridized carbons (Fsp3) is 0.0833. The molecule has 0 saturated carbocycles. The molecule has 0 spiro atoms. The molecule has 0 aliphatic carbocycles. The lowest BCUT2D eigenvalue weighted by Gasteiger charge is -2.09. The zero-order chi connectivity index (χ0) is 14.0. The Morgan fingerprint density at radius 2 is 1.89 bits per heavy atom. The summed E-state index contributed by atoms with van der Waals surface area (Å²) in [5.41, 5.74) is 4.32. The number of pyridine rings is 2. The third-order valence-electron chi connectivity index (χ3n) is 2.40. The number of primary amides is 1. The minimum atomic E-state index is -4.48. The molecule has 0 unspecified atom stereocenters. The smallest absolute Gasteiger partial charge is 0.364 e. The topological polar surface area (TPSA) is 68.9 Å². The van der Waals surface area contributed by atoms with E-state index >= 15 is 0 Å². The molecular weight excluding hydrogens is 259 g/mol. The van der Waals surface area contributed by atoms with Crippen molar-refractivity contribution in [2.75, 3.05) is 0 Å². The van der Waals surface area contributed by atoms with Gasteiger partial charge in [-0.25, -0.2) is 0 Å². The summed E-state index contributed by atoms with van der Waals surface area (Å²) in [4.78, 5) is 18.8. The Hall–Kier alpha value is -2.44. The van der Waals surface area contributed by atoms with Crippen molar-refractivity contribution in [3.05, 3.63) is 47.9 Å². The Balaban J connectivity index is 2.57. The fourth-order valence-electron chi connectivity index (χ4n) is 1.56. The lowest BCUT2D eigenvalue weighted by atomic mass is 10.1. The molecule has 7 heteroatoms. The quantitative estimate of drug-likeness (QED) is 0.907. The minimum Gasteiger partial charge on any atom is -0.364 e. The molecule has 0 saturated heterocycles. The highest BCUT2D eigenvalue weighted by Gasteiger charge is 2.31. The zero-order valence-electron chi connectivity index (χ0n) is 9.48. The van der Waals surface area contributed by atoms with E-state index in [1.807, 2.05) is 0 Å². The summed E-state index contributed by atoms with van der Waals surface area (Å²) in [6.07, 6.45) is -2.13. The van der Waals surface area contributed by atoms with Gasteiger partial charge >= 0.3 is 6.18 Å². The Morgan fingerprint density at radius 1 is 1.16 bits per heavy atom. The van der Waals surface area contributed by atoms with Crippen LogP contribution in [0.3, 0.4) is 0 Å². The maximum atomic E-state index is 12.6. The highest BCUT2D eigenvalue weighted by atomic mass is 19.4. The third kappa shape index (κ3) is 2.70. The number of rotatable bonds is 2. The number of halogens is 3. The van der Waals surface area contributed by atoms with Gasteiger partial charge in [0.25, 0.3) is 5.91 Å². The van der Waals surface area contributed by atoms with Gasteiger partial charge in [0, 0.05) is 18.0 Å². The molecule has 0 bridgehead atoms. The highest BCUT2D eigenvalue weighted by molar-refractivity contribution is 5.97. The standard InChI is InChI=1S/C12H8F3N3O/c13-12(14,15)7-3-5-17-9(6-7)8-2-1-4-18-10(8)11(16)19/h1-6H,(H2,16,19). The Kier molecular flexibility index (Phi) is 3.20. The van der Waals surface area contributed by atoms with Crippen molar-refractivity contribution in [1.82, 2.24) is 9.97 Å². The molecule has 2 aromatic rings. The van der Waals surface area contributed by atoms with Gasteiger partial charge in [-0.2, -0.15) is 13.2 Å². The van der Waals surface area contributed by atoms with E-state index in [4.69, 9.17) is 5.73 Å². The van der Waals surface area contributed by atoms with Crippen LogP contribution in [0.5, 0.6) is 0 Å². The molecule has 2 heterocycles. The fourth-order valence-corrected chi connectivity index (χ4v) is 1.56. The van der Waals surface area contributed by atoms with Crippen molar-refractivity contribution < 1.29 is 18.0 Å². The van der Waals surface area contributed by atoms with Crippen molar-refractivity contribution >= 4 is 5.91 Å². The van der Waals surface area contributed by atoms with Gasteiger partial charge in [-0.05, 0) is 24.3 Å². The second-order valence-corrected chi connectivity index (χ2v) is 3.69. The summed E-state index contributed by atoms with van der Waals surface area (Å²) in [5, 5.41) is 0. The average Bonchev–Trinajstić information content (AvgIpc) is 2.38. The predicted octanol–water partition coefficient (Wildman–Crippen LogP) is 2.26. The van der Waals surface area contributed by atoms with Crippen LogP contribution in [0.2, 0.25) is 0 Å². The number of alkyl halides is 3. The minimum absolute atomic E-state index is 0.00303. The first-order chi connectivity index (χ1) is 8.89. The van der Waals surface area contributed by atoms with Crippen LogP contribution in [-0.4, -0.2) is 15.9 Å². The van der Waals surface area contributed by atoms with E-state index in [0.717, 1.165) is 18.3 Å². The largest absolute Gasteiger partial charge is 0.416 e. The number of nitrogens with two attached hydrogens (primary N) is 1. The van der Waals surface area contributed by atoms with Crippen molar-refractivity contribution in [2.24, 2.45) is 5.73 Å². The van der Waals surface area contributed by atoms with Gasteiger partial charge in [-0.15, -0.1) is 0 Å². The van der Waals surface area contributed by atoms with Crippen molar-refractivity contribution in [3.8, 4) is 11.3 Å². The van der Waals surface area contributed by atoms with Crippen molar-refractivity contribution in [2.45, 2.75) is 6.18 Å². The van der Waals surface area contributed by atoms with Crippen molar-refractivity contribution in [3.63, 3.8) is 0 Å². The number of carbonyl (C=O) groups is 1. The molecule has 1 amide bonds. The van der Waals surface area contributed by atoms with Gasteiger partial charge in [-0.1, -0.05) is 0 Å². The molecule has 2 aromatic heterocycles. The summed E-state index contributed by atoms with van der Waals surface area (Å²) in [5.74, 6) is -0.824. The van der Waals surface area contributed by atoms with Crippen LogP contribution in [0.15, 0.2) is 36.7 Å². The van der Waals surface area contributed by atoms with Gasteiger partial charge in [0.2, 0.25) is 0 Å². The number of carbonyl (C=O) groups excluding carboxylic acids is 1. The second kappa shape index (κ2) is 4.68. The Labute approximate surface area is 106 Å². The van der Waals surface area contributed by atoms with Gasteiger partial charge in [0.05, 0.1) is 11.3 Å². The second-order valence-electron chi connectivity index (χ2n) is 3.69. The van der Waals surface area contributed by atoms with Gasteiger partial charge < -0.3 is 5.73 Å². The van der Waals surface area contributed by atoms with Crippen LogP contribution in [0.1, 0.15) is 16.1 Å². The van der Waals surface area contributed by atoms with Gasteiger partial charge in [0.1, 0.15) is 5.69 Å². The Bertz CT molecular complexity index is 626. The first-order valence-electron chi connectivity index (χ1n) is 5.18. The van der Waals surface area contributed by atoms with E-state index in [1.165, 1.54) is 18.3 Å². The van der Waals surface area contributed by atoms with E-state index in [1.54, 1.807) is 0 Å². The average molecular weight is 267 g/mol. The maximum Gasteiger partial charge on any atom is 0.416 e. The summed E-state index contributed by atoms with van der Waals surface area (Å²) in [6.45, 7) is 0. The molecule has 0 aliphatic rings. The Morgan fingerprint density at radius 3 is 2.53 bits per heavy atom. The van der Waals surface area contributed by atoms with Crippen LogP contribution in [0, 0.1) is 0 Å². The van der Waals surface area contributed by atoms with E-state index in [0.29, 0.717) is 0 Å². The molecular formula is C12H8F3N3O. The number of nitrogens with zero attached hydrogens (tertiary/aromatic N) is 2. The zero-order valence-corrected chi connectivity index (χ0v) is 9.48. The molecule has 19 heavy (non-hydrogen) atoms. The van der Waals surface area contributed by atoms with E-state index in [9.17, 15) is 18.0 Å². The molecule has 0 fully saturated rings. The molecule has 2 rings (SSSR count). The van der Waals surface area contributed by atoms with Gasteiger partial charge in [0.15, 0.2) is 0 Å². The third-order valence-corrected chi connectivity index (χ3v) is 2.40. The van der Waals surface area contributed by atoms with Crippen LogP contribution >= 0.6 is 0 Å². The molecule has 0 atom stereocenters. The monoisotopic (exact) mass is 267 g/mol. The van der Waals surface area contributed by atoms with Gasteiger partial charge in [-0.3, -0.25) is 14.8 Å². The molecule has 4 nitrogen and oxygen atoms in total. The number of amides is 1. The normalized spacial score (nSPS) is 11.3. The summed E-state index contributed by atoms with van der Waals surface area (Å²) in [7, 11) is 0. The van der Waals surface area contributed by atoms with Crippen LogP contribution in [0.25, 0.3) is 11.3 Å². The molecule has 98 valence electrons. The lowest BCUT2D eigenvalue weighted by molar-refractivity contribution is -0.137. The molecule has 0 radical (unpaired) electrons. The first-order valence-corrected chi connectivity index (χ1v) is 5.18. The molecule has 0 aromatic carbocycles. The molecule has 0 aliphatic heterocycles. The van der Waals surface area contributed by atoms with Crippen LogP contribution in [0.4, 0.5) is 13.2 Å². The number of aromatic nitrogens is 2. The maximum absolute atomic E-state index is 12.6. The lowest BCUT2D eigenvalue weighted by Crippen LogP contribution is -2.14. The highest BCUT2D eigenvalue weighted by Crippen LogP contribution is 2.31. The number of hydrogen-bond acceptors (Lipinski definition) is 3. The summed E-state index contributed by atoms with van der Waals surface area (Å²) < 4.78 is 37.8. The first kappa shape index (κ1) is 13.0. The SMILES string of the molecule is NC(=O)c1ncccc1-c1cc(C(F)(F)F)ccn1. The van der Waals surface area contributed by atoms with Crippen molar-refractivity contribution in [1.29, 1.82) is 0 Å². The number of hydrogen-bond donors (Lipinski definition) is 1. The van der Waals surface area contributed by atoms with E-state index in [2.05, 4.69) is 9.97 Å². The predicted molar refractivity (Wildman–Crippen MR) is 61.0 cm³/mol. The molecule has 2 N–H and O–H groups in total.